The van der Waals surface area contributed by atoms with Crippen LogP contribution in [0.5, 0.6) is 0 Å². The molecule has 31 heavy (non-hydrogen) atoms. The standard InChI is InChI=1S/C26H32N2O3/c1-31-24-13-11-21(12-14-24)15-16-27-17-19-28(20-18-27)25(29)26(30,23-9-5-6-10-23)22-7-3-2-4-8-22/h2-4,7-8,11,13,23,30H,5-6,9-10,15-20H2,1H3. The Hall–Kier alpha value is -2.55. The van der Waals surface area contributed by atoms with E-state index in [2.05, 4.69) is 16.4 Å². The van der Waals surface area contributed by atoms with Gasteiger partial charge in [0.2, 0.25) is 0 Å². The lowest BCUT2D eigenvalue weighted by atomic mass is 9.79. The van der Waals surface area contributed by atoms with Crippen LogP contribution in [0.3, 0.4) is 0 Å². The van der Waals surface area contributed by atoms with Crippen LogP contribution in [0.25, 0.3) is 0 Å². The fraction of sp³-hybridized carbons (Fsp3) is 0.500. The van der Waals surface area contributed by atoms with Gasteiger partial charge in [0.05, 0.1) is 7.11 Å². The van der Waals surface area contributed by atoms with E-state index in [0.29, 0.717) is 18.8 Å². The van der Waals surface area contributed by atoms with Crippen LogP contribution in [0.15, 0.2) is 65.3 Å². The summed E-state index contributed by atoms with van der Waals surface area (Å²) in [6.45, 7) is 3.87. The van der Waals surface area contributed by atoms with Gasteiger partial charge < -0.3 is 14.7 Å². The van der Waals surface area contributed by atoms with Gasteiger partial charge in [-0.05, 0) is 42.7 Å². The fourth-order valence-corrected chi connectivity index (χ4v) is 4.93. The summed E-state index contributed by atoms with van der Waals surface area (Å²) >= 11 is 0. The Kier molecular flexibility index (Phi) is 6.80. The zero-order valence-electron chi connectivity index (χ0n) is 18.3. The van der Waals surface area contributed by atoms with Crippen molar-refractivity contribution in [1.82, 2.24) is 9.80 Å². The molecule has 1 aliphatic heterocycles. The summed E-state index contributed by atoms with van der Waals surface area (Å²) in [6.07, 6.45) is 8.82. The Morgan fingerprint density at radius 2 is 1.81 bits per heavy atom. The van der Waals surface area contributed by atoms with E-state index in [4.69, 9.17) is 4.74 Å². The molecule has 1 aromatic rings. The molecule has 1 unspecified atom stereocenters. The highest BCUT2D eigenvalue weighted by atomic mass is 16.5. The number of nitrogens with zero attached hydrogens (tertiary/aromatic N) is 2. The van der Waals surface area contributed by atoms with Crippen LogP contribution in [0.4, 0.5) is 0 Å². The zero-order chi connectivity index (χ0) is 21.7. The van der Waals surface area contributed by atoms with Crippen molar-refractivity contribution < 1.29 is 14.6 Å². The average Bonchev–Trinajstić information content (AvgIpc) is 3.38. The third-order valence-electron chi connectivity index (χ3n) is 6.84. The zero-order valence-corrected chi connectivity index (χ0v) is 18.3. The lowest BCUT2D eigenvalue weighted by Gasteiger charge is -2.41. The summed E-state index contributed by atoms with van der Waals surface area (Å²) in [5.74, 6) is 0.578. The number of carbonyl (C=O) groups excluding carboxylic acids is 1. The molecule has 5 nitrogen and oxygen atoms in total. The molecule has 2 aliphatic carbocycles. The number of methoxy groups -OCH3 is 1. The monoisotopic (exact) mass is 420 g/mol. The van der Waals surface area contributed by atoms with E-state index in [9.17, 15) is 9.90 Å². The molecule has 1 atom stereocenters. The minimum atomic E-state index is -1.41. The van der Waals surface area contributed by atoms with E-state index in [1.54, 1.807) is 7.11 Å². The average molecular weight is 421 g/mol. The molecule has 0 spiro atoms. The van der Waals surface area contributed by atoms with Gasteiger partial charge in [0.25, 0.3) is 5.91 Å². The van der Waals surface area contributed by atoms with Crippen molar-refractivity contribution in [2.75, 3.05) is 39.8 Å². The first-order valence-electron chi connectivity index (χ1n) is 11.4. The Morgan fingerprint density at radius 3 is 2.42 bits per heavy atom. The third-order valence-corrected chi connectivity index (χ3v) is 6.84. The number of hydrogen-bond acceptors (Lipinski definition) is 4. The van der Waals surface area contributed by atoms with Crippen molar-refractivity contribution in [2.24, 2.45) is 5.92 Å². The number of aliphatic hydroxyl groups is 1. The van der Waals surface area contributed by atoms with Crippen LogP contribution < -0.4 is 0 Å². The van der Waals surface area contributed by atoms with Gasteiger partial charge in [-0.25, -0.2) is 0 Å². The van der Waals surface area contributed by atoms with E-state index < -0.39 is 5.60 Å². The predicted molar refractivity (Wildman–Crippen MR) is 120 cm³/mol. The normalized spacial score (nSPS) is 21.5. The molecular weight excluding hydrogens is 388 g/mol. The van der Waals surface area contributed by atoms with Gasteiger partial charge in [-0.3, -0.25) is 9.69 Å². The minimum Gasteiger partial charge on any atom is -0.489 e. The molecule has 1 saturated heterocycles. The summed E-state index contributed by atoms with van der Waals surface area (Å²) in [4.78, 5) is 17.8. The third kappa shape index (κ3) is 4.71. The largest absolute Gasteiger partial charge is 0.489 e. The minimum absolute atomic E-state index is 0.00212. The van der Waals surface area contributed by atoms with Crippen molar-refractivity contribution in [3.63, 3.8) is 0 Å². The number of carbonyl (C=O) groups is 1. The van der Waals surface area contributed by atoms with Crippen molar-refractivity contribution in [1.29, 1.82) is 0 Å². The number of hydrogen-bond donors (Lipinski definition) is 1. The molecule has 1 aromatic carbocycles. The summed E-state index contributed by atoms with van der Waals surface area (Å²) in [5, 5.41) is 11.7. The quantitative estimate of drug-likeness (QED) is 0.687. The summed E-state index contributed by atoms with van der Waals surface area (Å²) in [7, 11) is 1.63. The van der Waals surface area contributed by atoms with Crippen LogP contribution >= 0.6 is 0 Å². The van der Waals surface area contributed by atoms with E-state index in [-0.39, 0.29) is 11.8 Å². The fourth-order valence-electron chi connectivity index (χ4n) is 4.93. The number of allylic oxidation sites excluding steroid dienone is 2. The molecule has 3 aliphatic rings. The number of ether oxygens (including phenoxy) is 1. The van der Waals surface area contributed by atoms with E-state index >= 15 is 0 Å². The van der Waals surface area contributed by atoms with Crippen LogP contribution in [0, 0.1) is 5.92 Å². The molecule has 2 fully saturated rings. The topological polar surface area (TPSA) is 53.0 Å². The molecule has 1 N–H and O–H groups in total. The smallest absolute Gasteiger partial charge is 0.259 e. The second kappa shape index (κ2) is 9.72. The van der Waals surface area contributed by atoms with Crippen LogP contribution in [-0.2, 0) is 15.1 Å². The number of piperazine rings is 1. The van der Waals surface area contributed by atoms with Crippen molar-refractivity contribution in [3.05, 3.63) is 70.8 Å². The number of rotatable bonds is 7. The molecule has 4 rings (SSSR count). The van der Waals surface area contributed by atoms with Crippen molar-refractivity contribution in [2.45, 2.75) is 37.7 Å². The van der Waals surface area contributed by atoms with Gasteiger partial charge in [-0.15, -0.1) is 0 Å². The van der Waals surface area contributed by atoms with Gasteiger partial charge in [0.15, 0.2) is 11.4 Å². The van der Waals surface area contributed by atoms with Gasteiger partial charge in [0.1, 0.15) is 0 Å². The Morgan fingerprint density at radius 1 is 1.10 bits per heavy atom. The Labute approximate surface area is 185 Å². The molecule has 0 radical (unpaired) electrons. The van der Waals surface area contributed by atoms with Crippen molar-refractivity contribution >= 4 is 5.91 Å². The molecule has 0 aromatic heterocycles. The van der Waals surface area contributed by atoms with E-state index in [1.807, 2.05) is 47.4 Å². The maximum Gasteiger partial charge on any atom is 0.259 e. The lowest BCUT2D eigenvalue weighted by Crippen LogP contribution is -2.56. The first-order chi connectivity index (χ1) is 15.1. The van der Waals surface area contributed by atoms with Crippen molar-refractivity contribution in [3.8, 4) is 0 Å². The van der Waals surface area contributed by atoms with E-state index in [0.717, 1.165) is 62.9 Å². The van der Waals surface area contributed by atoms with Crippen LogP contribution in [0.2, 0.25) is 0 Å². The SMILES string of the molecule is COC1=C=C=C(CCN2CCN(C(=O)C(O)(c3ccccc3)C3CCCC3)CC2)C=C1. The second-order valence-corrected chi connectivity index (χ2v) is 8.67. The Balaban J connectivity index is 1.38. The molecular formula is C26H32N2O3. The molecule has 1 heterocycles. The van der Waals surface area contributed by atoms with Gasteiger partial charge >= 0.3 is 0 Å². The van der Waals surface area contributed by atoms with Crippen LogP contribution in [-0.4, -0.2) is 60.6 Å². The van der Waals surface area contributed by atoms with Gasteiger partial charge in [-0.2, -0.15) is 0 Å². The molecule has 5 heteroatoms. The summed E-state index contributed by atoms with van der Waals surface area (Å²) < 4.78 is 5.14. The summed E-state index contributed by atoms with van der Waals surface area (Å²) in [5.41, 5.74) is 6.60. The van der Waals surface area contributed by atoms with Gasteiger partial charge in [-0.1, -0.05) is 48.9 Å². The predicted octanol–water partition coefficient (Wildman–Crippen LogP) is 3.38. The highest BCUT2D eigenvalue weighted by Crippen LogP contribution is 2.42. The molecule has 1 amide bonds. The summed E-state index contributed by atoms with van der Waals surface area (Å²) in [6, 6.07) is 9.55. The first-order valence-corrected chi connectivity index (χ1v) is 11.4. The number of benzene rings is 1. The van der Waals surface area contributed by atoms with E-state index in [1.165, 1.54) is 0 Å². The highest BCUT2D eigenvalue weighted by molar-refractivity contribution is 5.87. The maximum atomic E-state index is 13.6. The second-order valence-electron chi connectivity index (χ2n) is 8.67. The molecule has 164 valence electrons. The molecule has 1 saturated carbocycles. The maximum absolute atomic E-state index is 13.6. The number of amides is 1. The van der Waals surface area contributed by atoms with Crippen LogP contribution in [0.1, 0.15) is 37.7 Å². The Bertz CT molecular complexity index is 911. The first kappa shape index (κ1) is 21.7. The van der Waals surface area contributed by atoms with Gasteiger partial charge in [0, 0.05) is 44.2 Å². The molecule has 0 bridgehead atoms. The lowest BCUT2D eigenvalue weighted by molar-refractivity contribution is -0.161. The highest BCUT2D eigenvalue weighted by Gasteiger charge is 2.48.